The zero-order chi connectivity index (χ0) is 18.2. The molecule has 0 atom stereocenters. The van der Waals surface area contributed by atoms with Gasteiger partial charge in [0.25, 0.3) is 0 Å². The first-order valence-corrected chi connectivity index (χ1v) is 8.62. The lowest BCUT2D eigenvalue weighted by Crippen LogP contribution is -2.24. The SMILES string of the molecule is N#CCC(=O)NCCc1cccc(OCc2c(Cl)ccc(Cl)c2Cl)c1. The van der Waals surface area contributed by atoms with Crippen LogP contribution in [0.15, 0.2) is 36.4 Å². The van der Waals surface area contributed by atoms with E-state index in [0.29, 0.717) is 39.3 Å². The Bertz CT molecular complexity index is 803. The molecule has 7 heteroatoms. The number of hydrogen-bond acceptors (Lipinski definition) is 3. The van der Waals surface area contributed by atoms with Crippen molar-refractivity contribution >= 4 is 40.7 Å². The van der Waals surface area contributed by atoms with Gasteiger partial charge in [-0.05, 0) is 36.2 Å². The molecule has 4 nitrogen and oxygen atoms in total. The number of ether oxygens (including phenoxy) is 1. The minimum absolute atomic E-state index is 0.135. The van der Waals surface area contributed by atoms with E-state index in [-0.39, 0.29) is 18.9 Å². The highest BCUT2D eigenvalue weighted by molar-refractivity contribution is 6.44. The summed E-state index contributed by atoms with van der Waals surface area (Å²) >= 11 is 18.3. The van der Waals surface area contributed by atoms with Crippen LogP contribution in [0.25, 0.3) is 0 Å². The number of hydrogen-bond donors (Lipinski definition) is 1. The van der Waals surface area contributed by atoms with Crippen molar-refractivity contribution in [1.29, 1.82) is 5.26 Å². The van der Waals surface area contributed by atoms with Gasteiger partial charge in [-0.2, -0.15) is 5.26 Å². The van der Waals surface area contributed by atoms with Crippen molar-refractivity contribution in [2.24, 2.45) is 0 Å². The molecule has 25 heavy (non-hydrogen) atoms. The van der Waals surface area contributed by atoms with Gasteiger partial charge in [-0.15, -0.1) is 0 Å². The summed E-state index contributed by atoms with van der Waals surface area (Å²) < 4.78 is 5.76. The highest BCUT2D eigenvalue weighted by atomic mass is 35.5. The highest BCUT2D eigenvalue weighted by Gasteiger charge is 2.10. The lowest BCUT2D eigenvalue weighted by Gasteiger charge is -2.11. The smallest absolute Gasteiger partial charge is 0.234 e. The molecular weight excluding hydrogens is 383 g/mol. The summed E-state index contributed by atoms with van der Waals surface area (Å²) in [6, 6.07) is 12.6. The topological polar surface area (TPSA) is 62.1 Å². The van der Waals surface area contributed by atoms with Crippen molar-refractivity contribution in [1.82, 2.24) is 5.32 Å². The Hall–Kier alpha value is -1.93. The number of amides is 1. The lowest BCUT2D eigenvalue weighted by atomic mass is 10.1. The van der Waals surface area contributed by atoms with E-state index < -0.39 is 0 Å². The maximum atomic E-state index is 11.3. The zero-order valence-electron chi connectivity index (χ0n) is 13.2. The van der Waals surface area contributed by atoms with Crippen LogP contribution in [0, 0.1) is 11.3 Å². The minimum Gasteiger partial charge on any atom is -0.489 e. The number of halogens is 3. The standard InChI is InChI=1S/C18H15Cl3N2O2/c19-15-4-5-16(20)18(21)14(15)11-25-13-3-1-2-12(10-13)7-9-23-17(24)6-8-22/h1-5,10H,6-7,9,11H2,(H,23,24). The molecule has 0 bridgehead atoms. The fourth-order valence-electron chi connectivity index (χ4n) is 2.13. The van der Waals surface area contributed by atoms with E-state index in [4.69, 9.17) is 44.8 Å². The summed E-state index contributed by atoms with van der Waals surface area (Å²) in [5.74, 6) is 0.383. The second kappa shape index (κ2) is 9.53. The van der Waals surface area contributed by atoms with E-state index in [9.17, 15) is 4.79 Å². The van der Waals surface area contributed by atoms with E-state index in [1.165, 1.54) is 0 Å². The van der Waals surface area contributed by atoms with Crippen LogP contribution in [0.1, 0.15) is 17.5 Å². The molecule has 0 fully saturated rings. The van der Waals surface area contributed by atoms with Crippen molar-refractivity contribution in [2.45, 2.75) is 19.4 Å². The molecule has 2 aromatic carbocycles. The average Bonchev–Trinajstić information content (AvgIpc) is 2.59. The van der Waals surface area contributed by atoms with Crippen LogP contribution in [0.4, 0.5) is 0 Å². The fraction of sp³-hybridized carbons (Fsp3) is 0.222. The van der Waals surface area contributed by atoms with Gasteiger partial charge in [0.05, 0.1) is 16.1 Å². The second-order valence-electron chi connectivity index (χ2n) is 5.19. The van der Waals surface area contributed by atoms with Crippen molar-refractivity contribution < 1.29 is 9.53 Å². The molecule has 0 radical (unpaired) electrons. The summed E-state index contributed by atoms with van der Waals surface area (Å²) in [5.41, 5.74) is 1.63. The number of nitrogens with one attached hydrogen (secondary N) is 1. The van der Waals surface area contributed by atoms with Crippen LogP contribution in [0.3, 0.4) is 0 Å². The Morgan fingerprint density at radius 2 is 1.92 bits per heavy atom. The van der Waals surface area contributed by atoms with E-state index in [1.807, 2.05) is 30.3 Å². The average molecular weight is 398 g/mol. The van der Waals surface area contributed by atoms with Crippen molar-refractivity contribution in [2.75, 3.05) is 6.54 Å². The number of rotatable bonds is 7. The van der Waals surface area contributed by atoms with Crippen LogP contribution in [0.2, 0.25) is 15.1 Å². The number of nitriles is 1. The fourth-order valence-corrected chi connectivity index (χ4v) is 2.79. The van der Waals surface area contributed by atoms with Crippen LogP contribution >= 0.6 is 34.8 Å². The molecule has 0 aromatic heterocycles. The summed E-state index contributed by atoms with van der Waals surface area (Å²) in [6.07, 6.45) is 0.497. The third-order valence-electron chi connectivity index (χ3n) is 3.40. The molecule has 0 spiro atoms. The van der Waals surface area contributed by atoms with Crippen molar-refractivity contribution in [3.05, 3.63) is 62.6 Å². The normalized spacial score (nSPS) is 10.2. The predicted octanol–water partition coefficient (Wildman–Crippen LogP) is 4.80. The Morgan fingerprint density at radius 3 is 2.68 bits per heavy atom. The third-order valence-corrected chi connectivity index (χ3v) is 4.59. The minimum atomic E-state index is -0.278. The van der Waals surface area contributed by atoms with Gasteiger partial charge in [0, 0.05) is 17.1 Å². The Balaban J connectivity index is 1.95. The summed E-state index contributed by atoms with van der Waals surface area (Å²) in [6.45, 7) is 0.649. The van der Waals surface area contributed by atoms with Gasteiger partial charge in [-0.3, -0.25) is 4.79 Å². The molecule has 1 N–H and O–H groups in total. The van der Waals surface area contributed by atoms with Crippen molar-refractivity contribution in [3.63, 3.8) is 0 Å². The largest absolute Gasteiger partial charge is 0.489 e. The van der Waals surface area contributed by atoms with Crippen LogP contribution in [0.5, 0.6) is 5.75 Å². The molecule has 0 aliphatic rings. The summed E-state index contributed by atoms with van der Waals surface area (Å²) in [7, 11) is 0. The maximum Gasteiger partial charge on any atom is 0.234 e. The summed E-state index contributed by atoms with van der Waals surface area (Å²) in [4.78, 5) is 11.3. The van der Waals surface area contributed by atoms with Crippen LogP contribution in [-0.4, -0.2) is 12.5 Å². The summed E-state index contributed by atoms with van der Waals surface area (Å²) in [5, 5.41) is 12.4. The Morgan fingerprint density at radius 1 is 1.16 bits per heavy atom. The number of carbonyl (C=O) groups is 1. The van der Waals surface area contributed by atoms with Gasteiger partial charge in [0.1, 0.15) is 18.8 Å². The van der Waals surface area contributed by atoms with Gasteiger partial charge >= 0.3 is 0 Å². The number of carbonyl (C=O) groups excluding carboxylic acids is 1. The van der Waals surface area contributed by atoms with Crippen LogP contribution in [-0.2, 0) is 17.8 Å². The molecule has 0 heterocycles. The number of benzene rings is 2. The maximum absolute atomic E-state index is 11.3. The van der Waals surface area contributed by atoms with Crippen molar-refractivity contribution in [3.8, 4) is 11.8 Å². The second-order valence-corrected chi connectivity index (χ2v) is 6.39. The predicted molar refractivity (Wildman–Crippen MR) is 99.2 cm³/mol. The third kappa shape index (κ3) is 5.82. The highest BCUT2D eigenvalue weighted by Crippen LogP contribution is 2.32. The van der Waals surface area contributed by atoms with Gasteiger partial charge in [0.2, 0.25) is 5.91 Å². The van der Waals surface area contributed by atoms with Gasteiger partial charge in [-0.1, -0.05) is 46.9 Å². The van der Waals surface area contributed by atoms with E-state index >= 15 is 0 Å². The van der Waals surface area contributed by atoms with Crippen LogP contribution < -0.4 is 10.1 Å². The molecule has 130 valence electrons. The molecule has 2 aromatic rings. The molecule has 2 rings (SSSR count). The quantitative estimate of drug-likeness (QED) is 0.683. The molecule has 1 amide bonds. The van der Waals surface area contributed by atoms with E-state index in [0.717, 1.165) is 5.56 Å². The van der Waals surface area contributed by atoms with E-state index in [1.54, 1.807) is 12.1 Å². The van der Waals surface area contributed by atoms with Gasteiger partial charge in [-0.25, -0.2) is 0 Å². The molecule has 0 aliphatic heterocycles. The van der Waals surface area contributed by atoms with E-state index in [2.05, 4.69) is 5.32 Å². The molecule has 0 saturated heterocycles. The Kier molecular flexibility index (Phi) is 7.39. The lowest BCUT2D eigenvalue weighted by molar-refractivity contribution is -0.120. The first-order valence-electron chi connectivity index (χ1n) is 7.49. The molecule has 0 aliphatic carbocycles. The van der Waals surface area contributed by atoms with Gasteiger partial charge < -0.3 is 10.1 Å². The first kappa shape index (κ1) is 19.4. The van der Waals surface area contributed by atoms with Gasteiger partial charge in [0.15, 0.2) is 0 Å². The zero-order valence-corrected chi connectivity index (χ0v) is 15.5. The number of nitrogens with zero attached hydrogens (tertiary/aromatic N) is 1. The molecule has 0 saturated carbocycles. The Labute approximate surface area is 161 Å². The molecule has 0 unspecified atom stereocenters. The monoisotopic (exact) mass is 396 g/mol. The molecular formula is C18H15Cl3N2O2. The first-order chi connectivity index (χ1) is 12.0.